The summed E-state index contributed by atoms with van der Waals surface area (Å²) in [7, 11) is 3.20. The van der Waals surface area contributed by atoms with Crippen LogP contribution in [0.4, 0.5) is 0 Å². The van der Waals surface area contributed by atoms with Gasteiger partial charge in [-0.05, 0) is 12.1 Å². The number of aromatic nitrogens is 2. The monoisotopic (exact) mass is 226 g/mol. The van der Waals surface area contributed by atoms with Crippen molar-refractivity contribution in [3.8, 4) is 11.5 Å². The van der Waals surface area contributed by atoms with Gasteiger partial charge < -0.3 is 9.47 Å². The number of hydrogen-bond acceptors (Lipinski definition) is 4. The lowest BCUT2D eigenvalue weighted by Gasteiger charge is -2.08. The second-order valence-corrected chi connectivity index (χ2v) is 2.76. The highest BCUT2D eigenvalue weighted by Gasteiger charge is 2.08. The molecule has 2 rings (SSSR count). The molecule has 5 heteroatoms. The van der Waals surface area contributed by atoms with Crippen molar-refractivity contribution in [2.75, 3.05) is 14.2 Å². The molecule has 0 N–H and O–H groups in total. The molecule has 0 aliphatic rings. The van der Waals surface area contributed by atoms with Crippen molar-refractivity contribution in [2.45, 2.75) is 0 Å². The van der Waals surface area contributed by atoms with Crippen LogP contribution in [0.3, 0.4) is 0 Å². The molecule has 0 spiro atoms. The standard InChI is InChI=1S/C10H10N2O2.ClH/c1-13-8-4-3-7-5-11-6-12-9(7)10(8)14-2;/h3-6H,1-2H3;1H. The van der Waals surface area contributed by atoms with E-state index in [1.54, 1.807) is 20.4 Å². The predicted octanol–water partition coefficient (Wildman–Crippen LogP) is 2.07. The lowest BCUT2D eigenvalue weighted by Crippen LogP contribution is -1.93. The van der Waals surface area contributed by atoms with E-state index in [1.165, 1.54) is 6.33 Å². The van der Waals surface area contributed by atoms with Crippen LogP contribution in [0.15, 0.2) is 24.7 Å². The van der Waals surface area contributed by atoms with Crippen LogP contribution in [0.1, 0.15) is 0 Å². The smallest absolute Gasteiger partial charge is 0.187 e. The highest BCUT2D eigenvalue weighted by Crippen LogP contribution is 2.33. The number of ether oxygens (including phenoxy) is 2. The summed E-state index contributed by atoms with van der Waals surface area (Å²) in [6, 6.07) is 3.74. The molecule has 1 aromatic heterocycles. The fourth-order valence-corrected chi connectivity index (χ4v) is 1.37. The lowest BCUT2D eigenvalue weighted by atomic mass is 10.2. The number of methoxy groups -OCH3 is 2. The number of rotatable bonds is 2. The molecule has 1 heterocycles. The summed E-state index contributed by atoms with van der Waals surface area (Å²) in [5.41, 5.74) is 0.766. The van der Waals surface area contributed by atoms with Crippen molar-refractivity contribution < 1.29 is 9.47 Å². The summed E-state index contributed by atoms with van der Waals surface area (Å²) in [6.07, 6.45) is 3.23. The molecule has 15 heavy (non-hydrogen) atoms. The molecule has 1 aromatic carbocycles. The number of nitrogens with zero attached hydrogens (tertiary/aromatic N) is 2. The average Bonchev–Trinajstić information content (AvgIpc) is 2.27. The first-order valence-electron chi connectivity index (χ1n) is 4.17. The molecule has 0 atom stereocenters. The Morgan fingerprint density at radius 2 is 1.93 bits per heavy atom. The van der Waals surface area contributed by atoms with Crippen LogP contribution in [0.2, 0.25) is 0 Å². The second-order valence-electron chi connectivity index (χ2n) is 2.76. The highest BCUT2D eigenvalue weighted by atomic mass is 35.5. The zero-order valence-corrected chi connectivity index (χ0v) is 9.25. The minimum atomic E-state index is 0. The third-order valence-corrected chi connectivity index (χ3v) is 2.02. The van der Waals surface area contributed by atoms with Crippen molar-refractivity contribution >= 4 is 23.3 Å². The Hall–Kier alpha value is -1.55. The lowest BCUT2D eigenvalue weighted by molar-refractivity contribution is 0.358. The SMILES string of the molecule is COc1ccc2cncnc2c1OC.Cl. The minimum absolute atomic E-state index is 0. The van der Waals surface area contributed by atoms with Crippen molar-refractivity contribution in [3.63, 3.8) is 0 Å². The normalized spacial score (nSPS) is 9.47. The summed E-state index contributed by atoms with van der Waals surface area (Å²) in [5, 5.41) is 0.935. The van der Waals surface area contributed by atoms with E-state index in [9.17, 15) is 0 Å². The van der Waals surface area contributed by atoms with E-state index in [2.05, 4.69) is 9.97 Å². The van der Waals surface area contributed by atoms with Gasteiger partial charge in [0.15, 0.2) is 11.5 Å². The van der Waals surface area contributed by atoms with Gasteiger partial charge in [-0.3, -0.25) is 0 Å². The summed E-state index contributed by atoms with van der Waals surface area (Å²) >= 11 is 0. The maximum atomic E-state index is 5.23. The van der Waals surface area contributed by atoms with Gasteiger partial charge in [0.1, 0.15) is 11.8 Å². The summed E-state index contributed by atoms with van der Waals surface area (Å²) in [6.45, 7) is 0. The molecule has 0 saturated carbocycles. The van der Waals surface area contributed by atoms with Gasteiger partial charge >= 0.3 is 0 Å². The third-order valence-electron chi connectivity index (χ3n) is 2.02. The van der Waals surface area contributed by atoms with E-state index in [0.717, 1.165) is 10.9 Å². The minimum Gasteiger partial charge on any atom is -0.493 e. The van der Waals surface area contributed by atoms with Crippen LogP contribution in [0, 0.1) is 0 Å². The molecule has 0 bridgehead atoms. The van der Waals surface area contributed by atoms with E-state index >= 15 is 0 Å². The van der Waals surface area contributed by atoms with Gasteiger partial charge in [-0.2, -0.15) is 0 Å². The Bertz CT molecular complexity index is 462. The third kappa shape index (κ3) is 1.94. The second kappa shape index (κ2) is 4.79. The largest absolute Gasteiger partial charge is 0.493 e. The quantitative estimate of drug-likeness (QED) is 0.787. The Labute approximate surface area is 93.7 Å². The van der Waals surface area contributed by atoms with Gasteiger partial charge in [-0.1, -0.05) is 0 Å². The molecule has 0 radical (unpaired) electrons. The van der Waals surface area contributed by atoms with Gasteiger partial charge in [0, 0.05) is 11.6 Å². The number of fused-ring (bicyclic) bond motifs is 1. The Balaban J connectivity index is 0.00000112. The molecular formula is C10H11ClN2O2. The van der Waals surface area contributed by atoms with E-state index in [-0.39, 0.29) is 12.4 Å². The first-order valence-corrected chi connectivity index (χ1v) is 4.17. The fraction of sp³-hybridized carbons (Fsp3) is 0.200. The predicted molar refractivity (Wildman–Crippen MR) is 59.9 cm³/mol. The molecule has 0 unspecified atom stereocenters. The van der Waals surface area contributed by atoms with E-state index in [1.807, 2.05) is 12.1 Å². The molecule has 0 fully saturated rings. The van der Waals surface area contributed by atoms with Gasteiger partial charge in [-0.25, -0.2) is 9.97 Å². The van der Waals surface area contributed by atoms with E-state index in [0.29, 0.717) is 11.5 Å². The maximum absolute atomic E-state index is 5.23. The van der Waals surface area contributed by atoms with Crippen molar-refractivity contribution in [2.24, 2.45) is 0 Å². The number of hydrogen-bond donors (Lipinski definition) is 0. The first-order chi connectivity index (χ1) is 6.86. The van der Waals surface area contributed by atoms with Crippen LogP contribution in [-0.4, -0.2) is 24.2 Å². The van der Waals surface area contributed by atoms with Gasteiger partial charge in [0.25, 0.3) is 0 Å². The highest BCUT2D eigenvalue weighted by molar-refractivity contribution is 5.86. The van der Waals surface area contributed by atoms with Gasteiger partial charge in [0.05, 0.1) is 14.2 Å². The van der Waals surface area contributed by atoms with Crippen LogP contribution in [0.25, 0.3) is 10.9 Å². The van der Waals surface area contributed by atoms with Crippen molar-refractivity contribution in [1.29, 1.82) is 0 Å². The maximum Gasteiger partial charge on any atom is 0.187 e. The topological polar surface area (TPSA) is 44.2 Å². The van der Waals surface area contributed by atoms with Crippen LogP contribution < -0.4 is 9.47 Å². The Morgan fingerprint density at radius 3 is 2.60 bits per heavy atom. The summed E-state index contributed by atoms with van der Waals surface area (Å²) in [5.74, 6) is 1.33. The first kappa shape index (κ1) is 11.5. The molecule has 0 aliphatic carbocycles. The van der Waals surface area contributed by atoms with E-state index in [4.69, 9.17) is 9.47 Å². The summed E-state index contributed by atoms with van der Waals surface area (Å²) in [4.78, 5) is 8.08. The molecule has 2 aromatic rings. The Kier molecular flexibility index (Phi) is 3.68. The van der Waals surface area contributed by atoms with Gasteiger partial charge in [0.2, 0.25) is 0 Å². The zero-order chi connectivity index (χ0) is 9.97. The fourth-order valence-electron chi connectivity index (χ4n) is 1.37. The summed E-state index contributed by atoms with van der Waals surface area (Å²) < 4.78 is 10.4. The van der Waals surface area contributed by atoms with Crippen molar-refractivity contribution in [1.82, 2.24) is 9.97 Å². The molecule has 80 valence electrons. The van der Waals surface area contributed by atoms with E-state index < -0.39 is 0 Å². The van der Waals surface area contributed by atoms with Crippen LogP contribution in [0.5, 0.6) is 11.5 Å². The van der Waals surface area contributed by atoms with Crippen LogP contribution >= 0.6 is 12.4 Å². The molecule has 0 saturated heterocycles. The molecule has 4 nitrogen and oxygen atoms in total. The Morgan fingerprint density at radius 1 is 1.13 bits per heavy atom. The molecular weight excluding hydrogens is 216 g/mol. The molecule has 0 amide bonds. The number of benzene rings is 1. The van der Waals surface area contributed by atoms with Crippen LogP contribution in [-0.2, 0) is 0 Å². The zero-order valence-electron chi connectivity index (χ0n) is 8.43. The van der Waals surface area contributed by atoms with Gasteiger partial charge in [-0.15, -0.1) is 12.4 Å². The molecule has 0 aliphatic heterocycles. The van der Waals surface area contributed by atoms with Crippen molar-refractivity contribution in [3.05, 3.63) is 24.7 Å². The average molecular weight is 227 g/mol. The number of halogens is 1.